The Balaban J connectivity index is 1.87. The molecule has 1 aliphatic rings. The minimum atomic E-state index is -0.674. The van der Waals surface area contributed by atoms with Crippen LogP contribution in [0.1, 0.15) is 29.7 Å². The molecule has 3 aromatic rings. The zero-order chi connectivity index (χ0) is 24.9. The van der Waals surface area contributed by atoms with E-state index in [2.05, 4.69) is 32.9 Å². The smallest absolute Gasteiger partial charge is 0.321 e. The van der Waals surface area contributed by atoms with Gasteiger partial charge in [0.2, 0.25) is 5.95 Å². The minimum Gasteiger partial charge on any atom is -0.395 e. The number of carbonyl (C=O) groups excluding carboxylic acids is 1. The lowest BCUT2D eigenvalue weighted by Crippen LogP contribution is -2.31. The zero-order valence-electron chi connectivity index (χ0n) is 18.7. The van der Waals surface area contributed by atoms with Gasteiger partial charge in [-0.1, -0.05) is 24.3 Å². The average molecular weight is 472 g/mol. The monoisotopic (exact) mass is 472 g/mol. The van der Waals surface area contributed by atoms with E-state index in [-0.39, 0.29) is 19.1 Å². The number of fused-ring (bicyclic) bond motifs is 1. The van der Waals surface area contributed by atoms with E-state index in [9.17, 15) is 14.4 Å². The Morgan fingerprint density at radius 3 is 2.63 bits per heavy atom. The second kappa shape index (κ2) is 10.0. The maximum Gasteiger partial charge on any atom is 0.321 e. The van der Waals surface area contributed by atoms with E-state index in [0.29, 0.717) is 39.6 Å². The van der Waals surface area contributed by atoms with Crippen LogP contribution in [-0.4, -0.2) is 39.1 Å². The molecule has 0 saturated carbocycles. The highest BCUT2D eigenvalue weighted by atomic mass is 19.1. The first kappa shape index (κ1) is 23.4. The molecule has 176 valence electrons. The topological polar surface area (TPSA) is 143 Å². The van der Waals surface area contributed by atoms with Crippen molar-refractivity contribution >= 4 is 23.6 Å². The number of allylic oxidation sites excluding steroid dienone is 2. The Bertz CT molecular complexity index is 1370. The van der Waals surface area contributed by atoms with Gasteiger partial charge in [-0.2, -0.15) is 15.5 Å². The standard InChI is InChI=1S/C24H21FN8O2/c1-15-20(14-27)21(18-7-5-16(13-26)6-8-18)33-24(30-22(31-33)29-23(35)28-9-10-34)32(15)19-4-2-3-17(11-19)12-25/h2-8,11,21,34H,9-10,12H2,1H3,(H2,28,29,31,35)/t21-/m1/s1. The van der Waals surface area contributed by atoms with E-state index in [4.69, 9.17) is 10.4 Å². The van der Waals surface area contributed by atoms with Gasteiger partial charge >= 0.3 is 6.03 Å². The second-order valence-corrected chi connectivity index (χ2v) is 7.67. The van der Waals surface area contributed by atoms with Gasteiger partial charge in [-0.25, -0.2) is 13.9 Å². The van der Waals surface area contributed by atoms with Crippen LogP contribution in [-0.2, 0) is 6.67 Å². The highest BCUT2D eigenvalue weighted by Crippen LogP contribution is 2.42. The number of nitrogens with zero attached hydrogens (tertiary/aromatic N) is 6. The van der Waals surface area contributed by atoms with Gasteiger partial charge in [-0.05, 0) is 42.3 Å². The fourth-order valence-electron chi connectivity index (χ4n) is 3.88. The quantitative estimate of drug-likeness (QED) is 0.500. The molecule has 11 heteroatoms. The van der Waals surface area contributed by atoms with Crippen molar-refractivity contribution in [2.24, 2.45) is 0 Å². The maximum atomic E-state index is 13.4. The molecule has 0 aliphatic carbocycles. The van der Waals surface area contributed by atoms with Crippen LogP contribution in [0.25, 0.3) is 0 Å². The first-order valence-corrected chi connectivity index (χ1v) is 10.7. The molecule has 2 amide bonds. The third-order valence-corrected chi connectivity index (χ3v) is 5.48. The van der Waals surface area contributed by atoms with Crippen LogP contribution in [0.4, 0.5) is 26.8 Å². The summed E-state index contributed by atoms with van der Waals surface area (Å²) in [6, 6.07) is 16.6. The average Bonchev–Trinajstić information content (AvgIpc) is 3.29. The Hall–Kier alpha value is -4.74. The molecule has 0 spiro atoms. The number of hydrogen-bond acceptors (Lipinski definition) is 7. The normalized spacial score (nSPS) is 14.7. The van der Waals surface area contributed by atoms with E-state index >= 15 is 0 Å². The molecule has 0 radical (unpaired) electrons. The molecule has 10 nitrogen and oxygen atoms in total. The predicted octanol–water partition coefficient (Wildman–Crippen LogP) is 3.27. The van der Waals surface area contributed by atoms with Crippen molar-refractivity contribution in [3.05, 3.63) is 76.5 Å². The fraction of sp³-hybridized carbons (Fsp3) is 0.208. The second-order valence-electron chi connectivity index (χ2n) is 7.67. The van der Waals surface area contributed by atoms with Gasteiger partial charge in [-0.3, -0.25) is 10.2 Å². The number of alkyl halides is 1. The first-order valence-electron chi connectivity index (χ1n) is 10.7. The number of urea groups is 1. The molecular formula is C24H21FN8O2. The van der Waals surface area contributed by atoms with Crippen LogP contribution < -0.4 is 15.5 Å². The van der Waals surface area contributed by atoms with E-state index < -0.39 is 18.7 Å². The van der Waals surface area contributed by atoms with Crippen LogP contribution in [0.15, 0.2) is 59.8 Å². The van der Waals surface area contributed by atoms with Gasteiger partial charge in [0, 0.05) is 17.9 Å². The first-order chi connectivity index (χ1) is 17.0. The lowest BCUT2D eigenvalue weighted by atomic mass is 9.95. The van der Waals surface area contributed by atoms with E-state index in [1.165, 1.54) is 4.68 Å². The lowest BCUT2D eigenvalue weighted by Gasteiger charge is -2.34. The highest BCUT2D eigenvalue weighted by Gasteiger charge is 2.36. The molecule has 3 N–H and O–H groups in total. The molecule has 4 rings (SSSR count). The van der Waals surface area contributed by atoms with Crippen molar-refractivity contribution in [2.75, 3.05) is 23.4 Å². The summed E-state index contributed by atoms with van der Waals surface area (Å²) >= 11 is 0. The maximum absolute atomic E-state index is 13.4. The van der Waals surface area contributed by atoms with Crippen molar-refractivity contribution in [1.29, 1.82) is 10.5 Å². The van der Waals surface area contributed by atoms with E-state index in [0.717, 1.165) is 0 Å². The number of aliphatic hydroxyl groups is 1. The summed E-state index contributed by atoms with van der Waals surface area (Å²) in [7, 11) is 0. The summed E-state index contributed by atoms with van der Waals surface area (Å²) in [6.45, 7) is 0.924. The Morgan fingerprint density at radius 1 is 1.20 bits per heavy atom. The number of rotatable bonds is 6. The van der Waals surface area contributed by atoms with Gasteiger partial charge < -0.3 is 10.4 Å². The molecule has 1 aromatic heterocycles. The van der Waals surface area contributed by atoms with Crippen molar-refractivity contribution in [1.82, 2.24) is 20.1 Å². The SMILES string of the molecule is CC1=C(C#N)[C@@H](c2ccc(C#N)cc2)n2nc(NC(=O)NCCO)nc2N1c1cccc(CF)c1. The molecule has 0 fully saturated rings. The summed E-state index contributed by atoms with van der Waals surface area (Å²) < 4.78 is 14.9. The summed E-state index contributed by atoms with van der Waals surface area (Å²) in [4.78, 5) is 18.3. The zero-order valence-corrected chi connectivity index (χ0v) is 18.7. The molecule has 2 heterocycles. The molecule has 1 aliphatic heterocycles. The molecule has 35 heavy (non-hydrogen) atoms. The van der Waals surface area contributed by atoms with Crippen molar-refractivity contribution in [2.45, 2.75) is 19.6 Å². The van der Waals surface area contributed by atoms with Crippen LogP contribution in [0.5, 0.6) is 0 Å². The Morgan fingerprint density at radius 2 is 1.97 bits per heavy atom. The summed E-state index contributed by atoms with van der Waals surface area (Å²) in [5.74, 6) is 0.289. The lowest BCUT2D eigenvalue weighted by molar-refractivity contribution is 0.244. The summed E-state index contributed by atoms with van der Waals surface area (Å²) in [5, 5.41) is 37.7. The third-order valence-electron chi connectivity index (χ3n) is 5.48. The number of amides is 2. The number of nitrogens with one attached hydrogen (secondary N) is 2. The van der Waals surface area contributed by atoms with Gasteiger partial charge in [0.15, 0.2) is 0 Å². The molecule has 0 bridgehead atoms. The van der Waals surface area contributed by atoms with Crippen molar-refractivity contribution in [3.63, 3.8) is 0 Å². The molecule has 0 unspecified atom stereocenters. The Kier molecular flexibility index (Phi) is 6.71. The largest absolute Gasteiger partial charge is 0.395 e. The van der Waals surface area contributed by atoms with Crippen molar-refractivity contribution in [3.8, 4) is 12.1 Å². The molecule has 0 saturated heterocycles. The van der Waals surface area contributed by atoms with Crippen molar-refractivity contribution < 1.29 is 14.3 Å². The predicted molar refractivity (Wildman–Crippen MR) is 125 cm³/mol. The fourth-order valence-corrected chi connectivity index (χ4v) is 3.88. The van der Waals surface area contributed by atoms with Crippen LogP contribution in [0, 0.1) is 22.7 Å². The summed E-state index contributed by atoms with van der Waals surface area (Å²) in [5.41, 5.74) is 3.13. The number of anilines is 3. The van der Waals surface area contributed by atoms with E-state index in [1.807, 2.05) is 0 Å². The number of benzene rings is 2. The van der Waals surface area contributed by atoms with Gasteiger partial charge in [0.05, 0.1) is 29.9 Å². The Labute approximate surface area is 200 Å². The van der Waals surface area contributed by atoms with Crippen LogP contribution >= 0.6 is 0 Å². The van der Waals surface area contributed by atoms with Crippen LogP contribution in [0.3, 0.4) is 0 Å². The molecule has 2 aromatic carbocycles. The highest BCUT2D eigenvalue weighted by molar-refractivity contribution is 5.87. The number of nitriles is 2. The minimum absolute atomic E-state index is 0.0206. The van der Waals surface area contributed by atoms with Gasteiger partial charge in [0.25, 0.3) is 5.95 Å². The number of carbonyl (C=O) groups is 1. The molecular weight excluding hydrogens is 451 g/mol. The van der Waals surface area contributed by atoms with Gasteiger partial charge in [0.1, 0.15) is 12.7 Å². The number of aromatic nitrogens is 3. The number of aliphatic hydroxyl groups excluding tert-OH is 1. The number of hydrogen-bond donors (Lipinski definition) is 3. The summed E-state index contributed by atoms with van der Waals surface area (Å²) in [6.07, 6.45) is 0. The van der Waals surface area contributed by atoms with Crippen LogP contribution in [0.2, 0.25) is 0 Å². The third kappa shape index (κ3) is 4.53. The van der Waals surface area contributed by atoms with E-state index in [1.54, 1.807) is 60.4 Å². The van der Waals surface area contributed by atoms with Gasteiger partial charge in [-0.15, -0.1) is 5.10 Å². The molecule has 1 atom stereocenters. The number of halogens is 1.